The summed E-state index contributed by atoms with van der Waals surface area (Å²) in [7, 11) is 4.00. The lowest BCUT2D eigenvalue weighted by atomic mass is 10.1. The van der Waals surface area contributed by atoms with Gasteiger partial charge in [0.05, 0.1) is 28.3 Å². The molecule has 5 nitrogen and oxygen atoms in total. The summed E-state index contributed by atoms with van der Waals surface area (Å²) in [5.41, 5.74) is 7.08. The fraction of sp³-hybridized carbons (Fsp3) is 0.231. The lowest BCUT2D eigenvalue weighted by molar-refractivity contribution is 0.566. The Balaban J connectivity index is 1.32. The Morgan fingerprint density at radius 3 is 3.00 bits per heavy atom. The number of rotatable bonds is 7. The van der Waals surface area contributed by atoms with Gasteiger partial charge in [-0.05, 0) is 41.7 Å². The third-order valence-electron chi connectivity index (χ3n) is 5.79. The van der Waals surface area contributed by atoms with Gasteiger partial charge in [0.1, 0.15) is 0 Å². The maximum atomic E-state index is 4.83. The van der Waals surface area contributed by atoms with Gasteiger partial charge in [-0.3, -0.25) is 0 Å². The molecule has 1 N–H and O–H groups in total. The molecule has 4 aromatic rings. The highest BCUT2D eigenvalue weighted by Crippen LogP contribution is 2.36. The van der Waals surface area contributed by atoms with E-state index in [1.807, 2.05) is 37.6 Å². The maximum absolute atomic E-state index is 4.83. The molecule has 1 aliphatic carbocycles. The summed E-state index contributed by atoms with van der Waals surface area (Å²) in [6.45, 7) is 4.68. The molecule has 1 aliphatic rings. The molecule has 2 heterocycles. The van der Waals surface area contributed by atoms with Crippen molar-refractivity contribution in [1.82, 2.24) is 19.4 Å². The Bertz CT molecular complexity index is 1300. The van der Waals surface area contributed by atoms with Gasteiger partial charge >= 0.3 is 0 Å². The Morgan fingerprint density at radius 2 is 2.16 bits per heavy atom. The molecule has 0 amide bonds. The molecule has 0 saturated heterocycles. The molecular weight excluding hydrogens is 414 g/mol. The molecule has 0 aliphatic heterocycles. The second kappa shape index (κ2) is 8.63. The number of imidazole rings is 1. The first kappa shape index (κ1) is 20.5. The van der Waals surface area contributed by atoms with Crippen molar-refractivity contribution in [3.8, 4) is 0 Å². The summed E-state index contributed by atoms with van der Waals surface area (Å²) >= 11 is 1.73. The average molecular weight is 442 g/mol. The van der Waals surface area contributed by atoms with Crippen LogP contribution in [0.4, 0.5) is 5.13 Å². The third-order valence-corrected chi connectivity index (χ3v) is 6.74. The second-order valence-corrected chi connectivity index (χ2v) is 9.47. The zero-order valence-corrected chi connectivity index (χ0v) is 19.3. The van der Waals surface area contributed by atoms with Crippen molar-refractivity contribution in [2.24, 2.45) is 0 Å². The van der Waals surface area contributed by atoms with Gasteiger partial charge in [-0.15, -0.1) is 0 Å². The Labute approximate surface area is 192 Å². The number of fused-ring (bicyclic) bond motifs is 2. The van der Waals surface area contributed by atoms with Crippen LogP contribution in [-0.2, 0) is 13.0 Å². The molecule has 0 radical (unpaired) electrons. The van der Waals surface area contributed by atoms with Crippen molar-refractivity contribution in [1.29, 1.82) is 0 Å². The van der Waals surface area contributed by atoms with Crippen molar-refractivity contribution < 1.29 is 0 Å². The number of nitrogens with one attached hydrogen (secondary N) is 1. The Kier molecular flexibility index (Phi) is 5.53. The third kappa shape index (κ3) is 4.18. The SMILES string of the molecule is C=CC(=CN(C)C)c1cn(Cc2ccc3nc(NC4CCc5ccccc54)sc3c2)cn1. The van der Waals surface area contributed by atoms with Crippen LogP contribution in [0.3, 0.4) is 0 Å². The molecular formula is C26H27N5S. The highest BCUT2D eigenvalue weighted by Gasteiger charge is 2.22. The predicted octanol–water partition coefficient (Wildman–Crippen LogP) is 5.73. The average Bonchev–Trinajstić information content (AvgIpc) is 3.51. The molecule has 2 aromatic carbocycles. The van der Waals surface area contributed by atoms with Crippen molar-refractivity contribution in [2.75, 3.05) is 19.4 Å². The Hall–Kier alpha value is -3.38. The van der Waals surface area contributed by atoms with Crippen molar-refractivity contribution >= 4 is 32.3 Å². The van der Waals surface area contributed by atoms with Crippen molar-refractivity contribution in [3.63, 3.8) is 0 Å². The number of thiazole rings is 1. The van der Waals surface area contributed by atoms with E-state index in [0.29, 0.717) is 6.04 Å². The van der Waals surface area contributed by atoms with Crippen LogP contribution in [0, 0.1) is 0 Å². The zero-order valence-electron chi connectivity index (χ0n) is 18.5. The van der Waals surface area contributed by atoms with Gasteiger partial charge in [0, 0.05) is 38.6 Å². The molecule has 0 saturated carbocycles. The van der Waals surface area contributed by atoms with Crippen molar-refractivity contribution in [2.45, 2.75) is 25.4 Å². The van der Waals surface area contributed by atoms with Gasteiger partial charge in [0.15, 0.2) is 5.13 Å². The minimum absolute atomic E-state index is 0.352. The highest BCUT2D eigenvalue weighted by atomic mass is 32.1. The van der Waals surface area contributed by atoms with Crippen LogP contribution in [0.5, 0.6) is 0 Å². The molecule has 0 fully saturated rings. The number of allylic oxidation sites excluding steroid dienone is 2. The predicted molar refractivity (Wildman–Crippen MR) is 134 cm³/mol. The minimum Gasteiger partial charge on any atom is -0.383 e. The molecule has 6 heteroatoms. The standard InChI is InChI=1S/C26H27N5S/c1-4-19(15-30(2)3)24-16-31(17-27-24)14-18-9-11-23-25(13-18)32-26(29-23)28-22-12-10-20-7-5-6-8-21(20)22/h4-9,11,13,15-17,22H,1,10,12,14H2,2-3H3,(H,28,29). The van der Waals surface area contributed by atoms with E-state index >= 15 is 0 Å². The molecule has 5 rings (SSSR count). The van der Waals surface area contributed by atoms with E-state index in [1.165, 1.54) is 21.4 Å². The monoisotopic (exact) mass is 441 g/mol. The minimum atomic E-state index is 0.352. The normalized spacial score (nSPS) is 15.7. The number of hydrogen-bond donors (Lipinski definition) is 1. The zero-order chi connectivity index (χ0) is 22.1. The number of nitrogens with zero attached hydrogens (tertiary/aromatic N) is 4. The highest BCUT2D eigenvalue weighted by molar-refractivity contribution is 7.22. The van der Waals surface area contributed by atoms with Gasteiger partial charge in [0.2, 0.25) is 0 Å². The number of hydrogen-bond acceptors (Lipinski definition) is 5. The fourth-order valence-corrected chi connectivity index (χ4v) is 5.28. The molecule has 1 atom stereocenters. The topological polar surface area (TPSA) is 46.0 Å². The summed E-state index contributed by atoms with van der Waals surface area (Å²) in [5.74, 6) is 0. The number of anilines is 1. The second-order valence-electron chi connectivity index (χ2n) is 8.44. The molecule has 2 aromatic heterocycles. The lowest BCUT2D eigenvalue weighted by Gasteiger charge is -2.12. The summed E-state index contributed by atoms with van der Waals surface area (Å²) < 4.78 is 3.31. The summed E-state index contributed by atoms with van der Waals surface area (Å²) in [6.07, 6.45) is 10.1. The van der Waals surface area contributed by atoms with E-state index in [9.17, 15) is 0 Å². The summed E-state index contributed by atoms with van der Waals surface area (Å²) in [5, 5.41) is 4.66. The first-order valence-electron chi connectivity index (χ1n) is 10.9. The van der Waals surface area contributed by atoms with Crippen LogP contribution in [0.25, 0.3) is 15.8 Å². The largest absolute Gasteiger partial charge is 0.383 e. The number of aromatic nitrogens is 3. The summed E-state index contributed by atoms with van der Waals surface area (Å²) in [6, 6.07) is 15.6. The van der Waals surface area contributed by atoms with E-state index in [1.54, 1.807) is 11.3 Å². The van der Waals surface area contributed by atoms with Gasteiger partial charge in [-0.2, -0.15) is 0 Å². The van der Waals surface area contributed by atoms with Gasteiger partial charge in [-0.25, -0.2) is 9.97 Å². The quantitative estimate of drug-likeness (QED) is 0.372. The number of benzene rings is 2. The van der Waals surface area contributed by atoms with E-state index in [4.69, 9.17) is 4.98 Å². The molecule has 0 spiro atoms. The van der Waals surface area contributed by atoms with E-state index in [-0.39, 0.29) is 0 Å². The van der Waals surface area contributed by atoms with Crippen LogP contribution >= 0.6 is 11.3 Å². The number of aryl methyl sites for hydroxylation is 1. The lowest BCUT2D eigenvalue weighted by Crippen LogP contribution is -2.06. The van der Waals surface area contributed by atoms with Gasteiger partial charge in [-0.1, -0.05) is 54.3 Å². The van der Waals surface area contributed by atoms with Gasteiger partial charge in [0.25, 0.3) is 0 Å². The van der Waals surface area contributed by atoms with E-state index < -0.39 is 0 Å². The molecule has 1 unspecified atom stereocenters. The van der Waals surface area contributed by atoms with Gasteiger partial charge < -0.3 is 14.8 Å². The maximum Gasteiger partial charge on any atom is 0.184 e. The first-order chi connectivity index (χ1) is 15.6. The smallest absolute Gasteiger partial charge is 0.184 e. The van der Waals surface area contributed by atoms with E-state index in [0.717, 1.165) is 41.3 Å². The molecule has 162 valence electrons. The van der Waals surface area contributed by atoms with Crippen LogP contribution < -0.4 is 5.32 Å². The van der Waals surface area contributed by atoms with E-state index in [2.05, 4.69) is 70.1 Å². The Morgan fingerprint density at radius 1 is 1.28 bits per heavy atom. The fourth-order valence-electron chi connectivity index (χ4n) is 4.29. The summed E-state index contributed by atoms with van der Waals surface area (Å²) in [4.78, 5) is 11.4. The van der Waals surface area contributed by atoms with Crippen LogP contribution in [-0.4, -0.2) is 33.5 Å². The molecule has 0 bridgehead atoms. The first-order valence-corrected chi connectivity index (χ1v) is 11.7. The van der Waals surface area contributed by atoms with Crippen LogP contribution in [0.15, 0.2) is 73.8 Å². The molecule has 32 heavy (non-hydrogen) atoms. The van der Waals surface area contributed by atoms with Crippen LogP contribution in [0.2, 0.25) is 0 Å². The van der Waals surface area contributed by atoms with Crippen LogP contribution in [0.1, 0.15) is 34.8 Å². The van der Waals surface area contributed by atoms with Crippen molar-refractivity contribution in [3.05, 3.63) is 96.2 Å².